The molecule has 1 aliphatic rings. The number of methoxy groups -OCH3 is 1. The third-order valence-electron chi connectivity index (χ3n) is 4.23. The summed E-state index contributed by atoms with van der Waals surface area (Å²) in [5.74, 6) is -1.23. The fraction of sp³-hybridized carbons (Fsp3) is 0.562. The molecule has 7 nitrogen and oxygen atoms in total. The summed E-state index contributed by atoms with van der Waals surface area (Å²) in [6.45, 7) is 1.05. The topological polar surface area (TPSA) is 83.0 Å². The first-order valence-electron chi connectivity index (χ1n) is 7.63. The van der Waals surface area contributed by atoms with E-state index in [1.54, 1.807) is 6.20 Å². The Labute approximate surface area is 135 Å². The minimum Gasteiger partial charge on any atom is -0.480 e. The summed E-state index contributed by atoms with van der Waals surface area (Å²) < 4.78 is 4.84. The summed E-state index contributed by atoms with van der Waals surface area (Å²) in [5, 5.41) is 9.45. The van der Waals surface area contributed by atoms with Crippen LogP contribution in [-0.2, 0) is 20.9 Å². The van der Waals surface area contributed by atoms with E-state index in [0.29, 0.717) is 19.5 Å². The smallest absolute Gasteiger partial charge is 0.326 e. The third-order valence-corrected chi connectivity index (χ3v) is 4.23. The lowest BCUT2D eigenvalue weighted by molar-refractivity contribution is -0.155. The molecule has 23 heavy (non-hydrogen) atoms. The SMILES string of the molecule is COCC(=O)N1CC[C@@H](N(C)Cc2cccnc2)C[C@H]1C(=O)O. The van der Waals surface area contributed by atoms with Gasteiger partial charge in [0.25, 0.3) is 0 Å². The van der Waals surface area contributed by atoms with Crippen molar-refractivity contribution in [1.29, 1.82) is 0 Å². The lowest BCUT2D eigenvalue weighted by atomic mass is 9.95. The van der Waals surface area contributed by atoms with E-state index in [1.807, 2.05) is 25.4 Å². The first-order chi connectivity index (χ1) is 11.0. The van der Waals surface area contributed by atoms with Crippen LogP contribution in [0, 0.1) is 0 Å². The Hall–Kier alpha value is -1.99. The largest absolute Gasteiger partial charge is 0.480 e. The Kier molecular flexibility index (Phi) is 6.06. The van der Waals surface area contributed by atoms with Crippen LogP contribution >= 0.6 is 0 Å². The standard InChI is InChI=1S/C16H23N3O4/c1-18(10-12-4-3-6-17-9-12)13-5-7-19(15(20)11-23-2)14(8-13)16(21)22/h3-4,6,9,13-14H,5,7-8,10-11H2,1-2H3,(H,21,22)/t13-,14+/m1/s1. The second-order valence-corrected chi connectivity index (χ2v) is 5.83. The Morgan fingerprint density at radius 2 is 2.30 bits per heavy atom. The van der Waals surface area contributed by atoms with Crippen molar-refractivity contribution in [2.45, 2.75) is 31.5 Å². The Bertz CT molecular complexity index is 537. The van der Waals surface area contributed by atoms with Crippen LogP contribution in [0.5, 0.6) is 0 Å². The molecule has 0 radical (unpaired) electrons. The van der Waals surface area contributed by atoms with Gasteiger partial charge in [0.05, 0.1) is 0 Å². The summed E-state index contributed by atoms with van der Waals surface area (Å²) in [4.78, 5) is 31.2. The normalized spacial score (nSPS) is 21.4. The molecular weight excluding hydrogens is 298 g/mol. The van der Waals surface area contributed by atoms with Gasteiger partial charge in [-0.25, -0.2) is 4.79 Å². The van der Waals surface area contributed by atoms with E-state index >= 15 is 0 Å². The number of ether oxygens (including phenoxy) is 1. The van der Waals surface area contributed by atoms with Crippen molar-refractivity contribution >= 4 is 11.9 Å². The number of carbonyl (C=O) groups excluding carboxylic acids is 1. The molecule has 7 heteroatoms. The van der Waals surface area contributed by atoms with E-state index in [1.165, 1.54) is 12.0 Å². The van der Waals surface area contributed by atoms with Gasteiger partial charge in [-0.3, -0.25) is 14.7 Å². The minimum atomic E-state index is -0.964. The van der Waals surface area contributed by atoms with Crippen molar-refractivity contribution < 1.29 is 19.4 Å². The maximum atomic E-state index is 12.0. The molecule has 2 heterocycles. The van der Waals surface area contributed by atoms with Gasteiger partial charge >= 0.3 is 5.97 Å². The molecule has 0 unspecified atom stereocenters. The number of piperidine rings is 1. The van der Waals surface area contributed by atoms with E-state index < -0.39 is 12.0 Å². The molecule has 0 aromatic carbocycles. The maximum Gasteiger partial charge on any atom is 0.326 e. The van der Waals surface area contributed by atoms with E-state index in [2.05, 4.69) is 9.88 Å². The quantitative estimate of drug-likeness (QED) is 0.826. The molecule has 0 spiro atoms. The number of carboxylic acids is 1. The number of rotatable bonds is 6. The molecule has 1 fully saturated rings. The van der Waals surface area contributed by atoms with E-state index in [4.69, 9.17) is 4.74 Å². The lowest BCUT2D eigenvalue weighted by Gasteiger charge is -2.40. The summed E-state index contributed by atoms with van der Waals surface area (Å²) in [5.41, 5.74) is 1.08. The first kappa shape index (κ1) is 17.4. The van der Waals surface area contributed by atoms with Gasteiger partial charge in [-0.15, -0.1) is 0 Å². The maximum absolute atomic E-state index is 12.0. The molecule has 1 aromatic heterocycles. The molecule has 1 amide bonds. The van der Waals surface area contributed by atoms with Crippen LogP contribution in [0.2, 0.25) is 0 Å². The molecule has 126 valence electrons. The van der Waals surface area contributed by atoms with Crippen LogP contribution in [-0.4, -0.2) is 71.2 Å². The van der Waals surface area contributed by atoms with Crippen molar-refractivity contribution in [1.82, 2.24) is 14.8 Å². The highest BCUT2D eigenvalue weighted by Gasteiger charge is 2.37. The summed E-state index contributed by atoms with van der Waals surface area (Å²) in [7, 11) is 3.41. The second-order valence-electron chi connectivity index (χ2n) is 5.83. The molecule has 0 aliphatic carbocycles. The number of likely N-dealkylation sites (tertiary alicyclic amines) is 1. The monoisotopic (exact) mass is 321 g/mol. The van der Waals surface area contributed by atoms with Gasteiger partial charge in [0.15, 0.2) is 0 Å². The van der Waals surface area contributed by atoms with Crippen LogP contribution in [0.4, 0.5) is 0 Å². The van der Waals surface area contributed by atoms with Crippen molar-refractivity contribution in [2.24, 2.45) is 0 Å². The predicted octanol–water partition coefficient (Wildman–Crippen LogP) is 0.604. The number of amides is 1. The zero-order valence-electron chi connectivity index (χ0n) is 13.5. The Balaban J connectivity index is 2.01. The number of hydrogen-bond acceptors (Lipinski definition) is 5. The Morgan fingerprint density at radius 1 is 1.52 bits per heavy atom. The number of carbonyl (C=O) groups is 2. The van der Waals surface area contributed by atoms with Crippen molar-refractivity contribution in [2.75, 3.05) is 27.3 Å². The van der Waals surface area contributed by atoms with Gasteiger partial charge in [0, 0.05) is 38.6 Å². The van der Waals surface area contributed by atoms with Gasteiger partial charge in [0.1, 0.15) is 12.6 Å². The molecule has 1 N–H and O–H groups in total. The van der Waals surface area contributed by atoms with Gasteiger partial charge in [0.2, 0.25) is 5.91 Å². The molecule has 0 bridgehead atoms. The number of hydrogen-bond donors (Lipinski definition) is 1. The van der Waals surface area contributed by atoms with Crippen LogP contribution in [0.25, 0.3) is 0 Å². The molecular formula is C16H23N3O4. The number of nitrogens with zero attached hydrogens (tertiary/aromatic N) is 3. The van der Waals surface area contributed by atoms with Crippen molar-refractivity contribution in [3.63, 3.8) is 0 Å². The molecule has 1 aliphatic heterocycles. The fourth-order valence-electron chi connectivity index (χ4n) is 2.99. The molecule has 1 aromatic rings. The van der Waals surface area contributed by atoms with Gasteiger partial charge in [-0.2, -0.15) is 0 Å². The summed E-state index contributed by atoms with van der Waals surface area (Å²) in [6.07, 6.45) is 4.70. The van der Waals surface area contributed by atoms with Crippen LogP contribution in [0.1, 0.15) is 18.4 Å². The van der Waals surface area contributed by atoms with Crippen LogP contribution < -0.4 is 0 Å². The second kappa shape index (κ2) is 8.03. The highest BCUT2D eigenvalue weighted by atomic mass is 16.5. The zero-order chi connectivity index (χ0) is 16.8. The van der Waals surface area contributed by atoms with Gasteiger partial charge < -0.3 is 14.7 Å². The fourth-order valence-corrected chi connectivity index (χ4v) is 2.99. The highest BCUT2D eigenvalue weighted by molar-refractivity contribution is 5.84. The number of aromatic nitrogens is 1. The van der Waals surface area contributed by atoms with Crippen molar-refractivity contribution in [3.05, 3.63) is 30.1 Å². The minimum absolute atomic E-state index is 0.0834. The highest BCUT2D eigenvalue weighted by Crippen LogP contribution is 2.23. The average molecular weight is 321 g/mol. The first-order valence-corrected chi connectivity index (χ1v) is 7.63. The number of aliphatic carboxylic acids is 1. The number of pyridine rings is 1. The molecule has 1 saturated heterocycles. The molecule has 0 saturated carbocycles. The lowest BCUT2D eigenvalue weighted by Crippen LogP contribution is -2.55. The van der Waals surface area contributed by atoms with Gasteiger partial charge in [-0.1, -0.05) is 6.07 Å². The third kappa shape index (κ3) is 4.49. The Morgan fingerprint density at radius 3 is 2.91 bits per heavy atom. The van der Waals surface area contributed by atoms with E-state index in [0.717, 1.165) is 12.0 Å². The average Bonchev–Trinajstić information content (AvgIpc) is 2.55. The summed E-state index contributed by atoms with van der Waals surface area (Å²) >= 11 is 0. The van der Waals surface area contributed by atoms with Crippen molar-refractivity contribution in [3.8, 4) is 0 Å². The van der Waals surface area contributed by atoms with Crippen LogP contribution in [0.3, 0.4) is 0 Å². The zero-order valence-corrected chi connectivity index (χ0v) is 13.5. The van der Waals surface area contributed by atoms with E-state index in [-0.39, 0.29) is 18.6 Å². The van der Waals surface area contributed by atoms with E-state index in [9.17, 15) is 14.7 Å². The molecule has 2 rings (SSSR count). The number of carboxylic acid groups (broad SMARTS) is 1. The summed E-state index contributed by atoms with van der Waals surface area (Å²) in [6, 6.07) is 3.20. The van der Waals surface area contributed by atoms with Crippen LogP contribution in [0.15, 0.2) is 24.5 Å². The van der Waals surface area contributed by atoms with Gasteiger partial charge in [-0.05, 0) is 31.5 Å². The predicted molar refractivity (Wildman–Crippen MR) is 83.7 cm³/mol. The molecule has 2 atom stereocenters.